The topological polar surface area (TPSA) is 113 Å². The number of amides is 2. The number of ether oxygens (including phenoxy) is 1. The lowest BCUT2D eigenvalue weighted by Crippen LogP contribution is -2.58. The van der Waals surface area contributed by atoms with E-state index in [1.807, 2.05) is 109 Å². The molecule has 56 heavy (non-hydrogen) atoms. The number of ketones is 2. The Hall–Kier alpha value is -6.25. The number of nitrogens with one attached hydrogen (secondary N) is 1. The summed E-state index contributed by atoms with van der Waals surface area (Å²) in [4.78, 5) is 60.8. The van der Waals surface area contributed by atoms with Crippen LogP contribution in [0.4, 0.5) is 17.1 Å². The standard InChI is InChI=1S/C47H37ClN2O6/c1-56-39-24-28(23-38(48)44(39)53)42-33-21-22-34-41(46(55)50(45(34)54)32-19-17-31(18-20-32)49-30-15-9-4-10-16-30)36(33)25-37-43(52)35(27-11-5-2-6-12-27)26-40(51)47(37,42)29-13-7-3-8-14-29/h2-21,23-24,26,34,36-37,41-42,49,53H,22,25H2,1H3. The third-order valence-corrected chi connectivity index (χ3v) is 12.5. The zero-order valence-corrected chi connectivity index (χ0v) is 31.1. The van der Waals surface area contributed by atoms with Gasteiger partial charge in [-0.3, -0.25) is 24.1 Å². The van der Waals surface area contributed by atoms with E-state index in [0.29, 0.717) is 28.0 Å². The van der Waals surface area contributed by atoms with Crippen LogP contribution in [0.2, 0.25) is 5.02 Å². The maximum atomic E-state index is 15.3. The Morgan fingerprint density at radius 3 is 2.11 bits per heavy atom. The Morgan fingerprint density at radius 2 is 1.43 bits per heavy atom. The normalized spacial score (nSPS) is 25.5. The molecule has 5 aromatic carbocycles. The SMILES string of the molecule is COc1cc(C2C3=CCC4C(=O)N(c5ccc(Nc6ccccc6)cc5)C(=O)C4C3CC3C(=O)C(c4ccccc4)=CC(=O)C32c2ccccc2)cc(Cl)c1O. The van der Waals surface area contributed by atoms with Crippen LogP contribution in [0.15, 0.2) is 145 Å². The molecule has 0 aromatic heterocycles. The number of methoxy groups -OCH3 is 1. The van der Waals surface area contributed by atoms with Crippen molar-refractivity contribution in [1.29, 1.82) is 0 Å². The van der Waals surface area contributed by atoms with Gasteiger partial charge in [0.1, 0.15) is 0 Å². The molecule has 9 heteroatoms. The summed E-state index contributed by atoms with van der Waals surface area (Å²) in [5.41, 5.74) is 3.68. The number of nitrogens with zero attached hydrogens (tertiary/aromatic N) is 1. The van der Waals surface area contributed by atoms with Crippen LogP contribution in [0.3, 0.4) is 0 Å². The molecule has 0 radical (unpaired) electrons. The number of para-hydroxylation sites is 1. The lowest BCUT2D eigenvalue weighted by molar-refractivity contribution is -0.135. The summed E-state index contributed by atoms with van der Waals surface area (Å²) in [6.07, 6.45) is 3.92. The van der Waals surface area contributed by atoms with E-state index in [2.05, 4.69) is 5.32 Å². The average molecular weight is 761 g/mol. The van der Waals surface area contributed by atoms with Crippen molar-refractivity contribution in [3.05, 3.63) is 167 Å². The van der Waals surface area contributed by atoms with Gasteiger partial charge in [0.25, 0.3) is 0 Å². The Bertz CT molecular complexity index is 2470. The summed E-state index contributed by atoms with van der Waals surface area (Å²) < 4.78 is 5.57. The second-order valence-electron chi connectivity index (χ2n) is 14.9. The van der Waals surface area contributed by atoms with Gasteiger partial charge in [-0.05, 0) is 90.1 Å². The number of Topliss-reactive ketones (excluding diaryl/α,β-unsaturated/α-hetero) is 1. The van der Waals surface area contributed by atoms with E-state index in [4.69, 9.17) is 16.3 Å². The zero-order valence-electron chi connectivity index (χ0n) is 30.4. The number of carbonyl (C=O) groups excluding carboxylic acids is 4. The molecule has 1 saturated heterocycles. The molecule has 5 aromatic rings. The van der Waals surface area contributed by atoms with Gasteiger partial charge >= 0.3 is 0 Å². The number of aromatic hydroxyl groups is 1. The zero-order chi connectivity index (χ0) is 38.7. The molecule has 278 valence electrons. The molecule has 9 rings (SSSR count). The number of anilines is 3. The Kier molecular flexibility index (Phi) is 8.74. The van der Waals surface area contributed by atoms with E-state index in [9.17, 15) is 14.7 Å². The van der Waals surface area contributed by atoms with E-state index in [-0.39, 0.29) is 52.7 Å². The van der Waals surface area contributed by atoms with E-state index in [1.165, 1.54) is 18.1 Å². The van der Waals surface area contributed by atoms with Crippen LogP contribution in [0.5, 0.6) is 11.5 Å². The van der Waals surface area contributed by atoms with E-state index in [0.717, 1.165) is 16.9 Å². The van der Waals surface area contributed by atoms with Crippen molar-refractivity contribution in [2.45, 2.75) is 24.2 Å². The number of fused-ring (bicyclic) bond motifs is 4. The second kappa shape index (κ2) is 13.8. The van der Waals surface area contributed by atoms with Gasteiger partial charge in [-0.15, -0.1) is 0 Å². The lowest BCUT2D eigenvalue weighted by atomic mass is 9.44. The van der Waals surface area contributed by atoms with Crippen LogP contribution in [-0.4, -0.2) is 35.6 Å². The van der Waals surface area contributed by atoms with Crippen LogP contribution < -0.4 is 15.0 Å². The minimum absolute atomic E-state index is 0.0223. The molecular weight excluding hydrogens is 724 g/mol. The van der Waals surface area contributed by atoms with Gasteiger partial charge in [-0.2, -0.15) is 0 Å². The van der Waals surface area contributed by atoms with Gasteiger partial charge in [-0.1, -0.05) is 102 Å². The lowest BCUT2D eigenvalue weighted by Gasteiger charge is -2.55. The van der Waals surface area contributed by atoms with Crippen molar-refractivity contribution < 1.29 is 29.0 Å². The fourth-order valence-electron chi connectivity index (χ4n) is 9.80. The summed E-state index contributed by atoms with van der Waals surface area (Å²) in [7, 11) is 1.42. The van der Waals surface area contributed by atoms with Crippen LogP contribution >= 0.6 is 11.6 Å². The fourth-order valence-corrected chi connectivity index (χ4v) is 10.0. The molecule has 8 nitrogen and oxygen atoms in total. The highest BCUT2D eigenvalue weighted by Crippen LogP contribution is 2.64. The van der Waals surface area contributed by atoms with Crippen LogP contribution in [-0.2, 0) is 24.6 Å². The third-order valence-electron chi connectivity index (χ3n) is 12.2. The van der Waals surface area contributed by atoms with Crippen molar-refractivity contribution in [3.8, 4) is 11.5 Å². The van der Waals surface area contributed by atoms with E-state index >= 15 is 9.59 Å². The minimum atomic E-state index is -1.44. The number of hydrogen-bond acceptors (Lipinski definition) is 7. The molecule has 3 aliphatic carbocycles. The van der Waals surface area contributed by atoms with Crippen LogP contribution in [0, 0.1) is 23.7 Å². The number of phenols is 1. The number of hydrogen-bond donors (Lipinski definition) is 2. The molecule has 1 heterocycles. The van der Waals surface area contributed by atoms with E-state index in [1.54, 1.807) is 24.3 Å². The van der Waals surface area contributed by atoms with Gasteiger partial charge in [0.05, 0.1) is 35.1 Å². The van der Waals surface area contributed by atoms with Crippen molar-refractivity contribution in [2.24, 2.45) is 23.7 Å². The highest BCUT2D eigenvalue weighted by molar-refractivity contribution is 6.33. The van der Waals surface area contributed by atoms with Gasteiger partial charge in [0.15, 0.2) is 23.1 Å². The largest absolute Gasteiger partial charge is 0.503 e. The summed E-state index contributed by atoms with van der Waals surface area (Å²) in [5.74, 6) is -4.92. The molecule has 6 atom stereocenters. The molecule has 0 spiro atoms. The first-order chi connectivity index (χ1) is 27.2. The first kappa shape index (κ1) is 35.5. The van der Waals surface area contributed by atoms with Crippen molar-refractivity contribution in [2.75, 3.05) is 17.3 Å². The van der Waals surface area contributed by atoms with Gasteiger partial charge < -0.3 is 15.2 Å². The highest BCUT2D eigenvalue weighted by Gasteiger charge is 2.66. The third kappa shape index (κ3) is 5.42. The maximum Gasteiger partial charge on any atom is 0.238 e. The summed E-state index contributed by atoms with van der Waals surface area (Å²) >= 11 is 6.68. The minimum Gasteiger partial charge on any atom is -0.503 e. The number of halogens is 1. The number of allylic oxidation sites excluding steroid dienone is 4. The summed E-state index contributed by atoms with van der Waals surface area (Å²) in [6.45, 7) is 0. The molecule has 2 amide bonds. The number of phenolic OH excluding ortho intramolecular Hbond substituents is 1. The smallest absolute Gasteiger partial charge is 0.238 e. The predicted molar refractivity (Wildman–Crippen MR) is 215 cm³/mol. The first-order valence-electron chi connectivity index (χ1n) is 18.7. The molecule has 1 saturated carbocycles. The van der Waals surface area contributed by atoms with Gasteiger partial charge in [0.2, 0.25) is 11.8 Å². The summed E-state index contributed by atoms with van der Waals surface area (Å²) in [6, 6.07) is 38.7. The first-order valence-corrected chi connectivity index (χ1v) is 19.1. The monoisotopic (exact) mass is 760 g/mol. The van der Waals surface area contributed by atoms with Crippen LogP contribution in [0.25, 0.3) is 5.57 Å². The number of rotatable bonds is 7. The highest BCUT2D eigenvalue weighted by atomic mass is 35.5. The molecular formula is C47H37ClN2O6. The number of benzene rings is 5. The van der Waals surface area contributed by atoms with Gasteiger partial charge in [0, 0.05) is 28.8 Å². The molecule has 6 unspecified atom stereocenters. The maximum absolute atomic E-state index is 15.3. The number of imide groups is 1. The Morgan fingerprint density at radius 1 is 0.786 bits per heavy atom. The molecule has 0 bridgehead atoms. The van der Waals surface area contributed by atoms with E-state index < -0.39 is 35.0 Å². The number of carbonyl (C=O) groups is 4. The quantitative estimate of drug-likeness (QED) is 0.126. The van der Waals surface area contributed by atoms with Crippen molar-refractivity contribution in [1.82, 2.24) is 0 Å². The van der Waals surface area contributed by atoms with Crippen molar-refractivity contribution >= 4 is 57.6 Å². The predicted octanol–water partition coefficient (Wildman–Crippen LogP) is 8.83. The van der Waals surface area contributed by atoms with Crippen molar-refractivity contribution in [3.63, 3.8) is 0 Å². The molecule has 1 aliphatic heterocycles. The second-order valence-corrected chi connectivity index (χ2v) is 15.3. The Balaban J connectivity index is 1.19. The molecule has 2 fully saturated rings. The molecule has 4 aliphatic rings. The molecule has 2 N–H and O–H groups in total. The van der Waals surface area contributed by atoms with Gasteiger partial charge in [-0.25, -0.2) is 0 Å². The fraction of sp³-hybridized carbons (Fsp3) is 0.191. The average Bonchev–Trinajstić information content (AvgIpc) is 3.49. The summed E-state index contributed by atoms with van der Waals surface area (Å²) in [5, 5.41) is 14.2. The Labute approximate surface area is 329 Å². The van der Waals surface area contributed by atoms with Crippen LogP contribution in [0.1, 0.15) is 35.4 Å².